The van der Waals surface area contributed by atoms with E-state index >= 15 is 0 Å². The summed E-state index contributed by atoms with van der Waals surface area (Å²) in [4.78, 5) is 12.2. The second-order valence-electron chi connectivity index (χ2n) is 5.05. The quantitative estimate of drug-likeness (QED) is 0.782. The van der Waals surface area contributed by atoms with Gasteiger partial charge >= 0.3 is 0 Å². The van der Waals surface area contributed by atoms with E-state index in [4.69, 9.17) is 0 Å². The number of anilines is 1. The third-order valence-electron chi connectivity index (χ3n) is 3.32. The molecule has 5 heteroatoms. The van der Waals surface area contributed by atoms with Crippen LogP contribution in [0.3, 0.4) is 0 Å². The van der Waals surface area contributed by atoms with E-state index in [1.54, 1.807) is 0 Å². The minimum absolute atomic E-state index is 0.0157. The first-order valence-electron chi connectivity index (χ1n) is 7.08. The van der Waals surface area contributed by atoms with Crippen molar-refractivity contribution >= 4 is 51.0 Å². The minimum atomic E-state index is 0.0157. The fourth-order valence-corrected chi connectivity index (χ4v) is 5.64. The summed E-state index contributed by atoms with van der Waals surface area (Å²) < 4.78 is 1.50. The summed E-state index contributed by atoms with van der Waals surface area (Å²) in [6, 6.07) is 16.0. The summed E-state index contributed by atoms with van der Waals surface area (Å²) in [5.74, 6) is 2.42. The molecule has 1 fully saturated rings. The highest BCUT2D eigenvalue weighted by Crippen LogP contribution is 2.45. The van der Waals surface area contributed by atoms with Gasteiger partial charge in [-0.2, -0.15) is 0 Å². The molecule has 1 aliphatic rings. The number of hydrogen-bond acceptors (Lipinski definition) is 3. The summed E-state index contributed by atoms with van der Waals surface area (Å²) in [6.45, 7) is 0. The van der Waals surface area contributed by atoms with Crippen LogP contribution in [0.4, 0.5) is 5.69 Å². The highest BCUT2D eigenvalue weighted by Gasteiger charge is 2.18. The minimum Gasteiger partial charge on any atom is -0.326 e. The van der Waals surface area contributed by atoms with Gasteiger partial charge in [-0.15, -0.1) is 23.5 Å². The smallest absolute Gasteiger partial charge is 0.228 e. The molecule has 0 aromatic heterocycles. The molecule has 1 amide bonds. The largest absolute Gasteiger partial charge is 0.326 e. The van der Waals surface area contributed by atoms with Crippen LogP contribution in [-0.4, -0.2) is 17.4 Å². The van der Waals surface area contributed by atoms with Gasteiger partial charge in [-0.3, -0.25) is 4.79 Å². The number of halogens is 1. The fourth-order valence-electron chi connectivity index (χ4n) is 2.35. The molecule has 1 heterocycles. The van der Waals surface area contributed by atoms with E-state index in [1.165, 1.54) is 17.1 Å². The maximum Gasteiger partial charge on any atom is 0.228 e. The molecule has 1 saturated heterocycles. The Bertz CT molecular complexity index is 671. The second kappa shape index (κ2) is 7.57. The SMILES string of the molecule is O=C(Cc1cccc(Br)c1)Nc1cccc(C2SCCS2)c1. The summed E-state index contributed by atoms with van der Waals surface area (Å²) in [7, 11) is 0. The van der Waals surface area contributed by atoms with Crippen LogP contribution >= 0.6 is 39.5 Å². The van der Waals surface area contributed by atoms with Gasteiger partial charge in [-0.05, 0) is 35.4 Å². The average molecular weight is 394 g/mol. The second-order valence-corrected chi connectivity index (χ2v) is 8.69. The van der Waals surface area contributed by atoms with Gasteiger partial charge < -0.3 is 5.32 Å². The first-order valence-corrected chi connectivity index (χ1v) is 9.97. The van der Waals surface area contributed by atoms with Crippen LogP contribution in [0.1, 0.15) is 15.7 Å². The monoisotopic (exact) mass is 393 g/mol. The Hall–Kier alpha value is -0.910. The van der Waals surface area contributed by atoms with Crippen molar-refractivity contribution in [3.05, 3.63) is 64.1 Å². The molecule has 1 N–H and O–H groups in total. The van der Waals surface area contributed by atoms with E-state index in [0.717, 1.165) is 15.7 Å². The Kier molecular flexibility index (Phi) is 5.50. The average Bonchev–Trinajstić information content (AvgIpc) is 3.01. The molecule has 2 aromatic carbocycles. The zero-order valence-electron chi connectivity index (χ0n) is 11.9. The van der Waals surface area contributed by atoms with Crippen molar-refractivity contribution in [3.8, 4) is 0 Å². The number of benzene rings is 2. The maximum atomic E-state index is 12.2. The number of hydrogen-bond donors (Lipinski definition) is 1. The van der Waals surface area contributed by atoms with Gasteiger partial charge in [-0.25, -0.2) is 0 Å². The Morgan fingerprint density at radius 1 is 1.14 bits per heavy atom. The lowest BCUT2D eigenvalue weighted by Crippen LogP contribution is -2.14. The van der Waals surface area contributed by atoms with E-state index in [1.807, 2.05) is 59.9 Å². The lowest BCUT2D eigenvalue weighted by Gasteiger charge is -2.11. The van der Waals surface area contributed by atoms with Gasteiger partial charge in [0.2, 0.25) is 5.91 Å². The Labute approximate surface area is 147 Å². The number of carbonyl (C=O) groups is 1. The molecule has 0 atom stereocenters. The number of thioether (sulfide) groups is 2. The van der Waals surface area contributed by atoms with Gasteiger partial charge in [0, 0.05) is 21.7 Å². The van der Waals surface area contributed by atoms with E-state index < -0.39 is 0 Å². The molecule has 0 radical (unpaired) electrons. The molecular weight excluding hydrogens is 378 g/mol. The highest BCUT2D eigenvalue weighted by molar-refractivity contribution is 9.10. The Morgan fingerprint density at radius 3 is 2.68 bits per heavy atom. The molecule has 0 spiro atoms. The van der Waals surface area contributed by atoms with Crippen LogP contribution in [-0.2, 0) is 11.2 Å². The van der Waals surface area contributed by atoms with Gasteiger partial charge in [0.1, 0.15) is 0 Å². The predicted molar refractivity (Wildman–Crippen MR) is 101 cm³/mol. The third kappa shape index (κ3) is 4.31. The van der Waals surface area contributed by atoms with Gasteiger partial charge in [-0.1, -0.05) is 40.2 Å². The molecule has 1 aliphatic heterocycles. The Balaban J connectivity index is 1.65. The molecule has 2 aromatic rings. The normalized spacial score (nSPS) is 15.0. The van der Waals surface area contributed by atoms with Gasteiger partial charge in [0.25, 0.3) is 0 Å². The van der Waals surface area contributed by atoms with Crippen LogP contribution in [0.15, 0.2) is 53.0 Å². The van der Waals surface area contributed by atoms with Crippen molar-refractivity contribution < 1.29 is 4.79 Å². The van der Waals surface area contributed by atoms with E-state index in [-0.39, 0.29) is 5.91 Å². The first kappa shape index (κ1) is 16.0. The summed E-state index contributed by atoms with van der Waals surface area (Å²) in [6.07, 6.45) is 0.386. The van der Waals surface area contributed by atoms with E-state index in [2.05, 4.69) is 33.4 Å². The molecule has 22 heavy (non-hydrogen) atoms. The molecule has 0 aliphatic carbocycles. The maximum absolute atomic E-state index is 12.2. The van der Waals surface area contributed by atoms with Crippen molar-refractivity contribution in [2.24, 2.45) is 0 Å². The van der Waals surface area contributed by atoms with Crippen molar-refractivity contribution in [2.45, 2.75) is 11.0 Å². The highest BCUT2D eigenvalue weighted by atomic mass is 79.9. The Morgan fingerprint density at radius 2 is 1.91 bits per heavy atom. The summed E-state index contributed by atoms with van der Waals surface area (Å²) in [5.41, 5.74) is 3.17. The van der Waals surface area contributed by atoms with Crippen molar-refractivity contribution in [1.82, 2.24) is 0 Å². The van der Waals surface area contributed by atoms with Crippen molar-refractivity contribution in [3.63, 3.8) is 0 Å². The summed E-state index contributed by atoms with van der Waals surface area (Å²) in [5, 5.41) is 3.00. The molecule has 0 unspecified atom stereocenters. The lowest BCUT2D eigenvalue weighted by molar-refractivity contribution is -0.115. The molecule has 0 saturated carbocycles. The van der Waals surface area contributed by atoms with E-state index in [0.29, 0.717) is 11.0 Å². The van der Waals surface area contributed by atoms with Crippen LogP contribution in [0, 0.1) is 0 Å². The van der Waals surface area contributed by atoms with Crippen LogP contribution < -0.4 is 5.32 Å². The molecular formula is C17H16BrNOS2. The number of nitrogens with one attached hydrogen (secondary N) is 1. The topological polar surface area (TPSA) is 29.1 Å². The van der Waals surface area contributed by atoms with Gasteiger partial charge in [0.15, 0.2) is 0 Å². The molecule has 0 bridgehead atoms. The molecule has 2 nitrogen and oxygen atoms in total. The number of carbonyl (C=O) groups excluding carboxylic acids is 1. The molecule has 114 valence electrons. The third-order valence-corrected chi connectivity index (χ3v) is 6.92. The summed E-state index contributed by atoms with van der Waals surface area (Å²) >= 11 is 7.37. The molecule has 3 rings (SSSR count). The van der Waals surface area contributed by atoms with Crippen LogP contribution in [0.2, 0.25) is 0 Å². The van der Waals surface area contributed by atoms with Gasteiger partial charge in [0.05, 0.1) is 11.0 Å². The number of amides is 1. The zero-order valence-corrected chi connectivity index (χ0v) is 15.1. The fraction of sp³-hybridized carbons (Fsp3) is 0.235. The van der Waals surface area contributed by atoms with E-state index in [9.17, 15) is 4.79 Å². The van der Waals surface area contributed by atoms with Crippen molar-refractivity contribution in [1.29, 1.82) is 0 Å². The van der Waals surface area contributed by atoms with Crippen LogP contribution in [0.5, 0.6) is 0 Å². The first-order chi connectivity index (χ1) is 10.7. The lowest BCUT2D eigenvalue weighted by atomic mass is 10.1. The van der Waals surface area contributed by atoms with Crippen molar-refractivity contribution in [2.75, 3.05) is 16.8 Å². The zero-order chi connectivity index (χ0) is 15.4. The standard InChI is InChI=1S/C17H16BrNOS2/c18-14-5-1-3-12(9-14)10-16(20)19-15-6-2-4-13(11-15)17-21-7-8-22-17/h1-6,9,11,17H,7-8,10H2,(H,19,20). The van der Waals surface area contributed by atoms with Crippen LogP contribution in [0.25, 0.3) is 0 Å². The predicted octanol–water partition coefficient (Wildman–Crippen LogP) is 5.11. The number of rotatable bonds is 4.